The van der Waals surface area contributed by atoms with Gasteiger partial charge in [-0.2, -0.15) is 4.31 Å². The van der Waals surface area contributed by atoms with Crippen LogP contribution in [0.1, 0.15) is 69.2 Å². The van der Waals surface area contributed by atoms with Crippen LogP contribution in [0.5, 0.6) is 0 Å². The Morgan fingerprint density at radius 2 is 1.68 bits per heavy atom. The fourth-order valence-corrected chi connectivity index (χ4v) is 5.95. The smallest absolute Gasteiger partial charge is 0.251 e. The Kier molecular flexibility index (Phi) is 8.75. The lowest BCUT2D eigenvalue weighted by Gasteiger charge is -2.33. The second kappa shape index (κ2) is 11.3. The van der Waals surface area contributed by atoms with E-state index in [2.05, 4.69) is 10.2 Å². The van der Waals surface area contributed by atoms with Crippen LogP contribution in [0.15, 0.2) is 23.1 Å². The van der Waals surface area contributed by atoms with Crippen LogP contribution in [0, 0.1) is 0 Å². The number of piperidine rings is 2. The first-order chi connectivity index (χ1) is 14.9. The predicted molar refractivity (Wildman–Crippen MR) is 123 cm³/mol. The molecule has 7 nitrogen and oxygen atoms in total. The summed E-state index contributed by atoms with van der Waals surface area (Å²) >= 11 is 0. The van der Waals surface area contributed by atoms with Crippen LogP contribution in [0.4, 0.5) is 5.69 Å². The molecule has 0 unspecified atom stereocenters. The molecule has 2 aliphatic heterocycles. The van der Waals surface area contributed by atoms with Gasteiger partial charge in [-0.1, -0.05) is 6.42 Å². The quantitative estimate of drug-likeness (QED) is 0.582. The van der Waals surface area contributed by atoms with Crippen molar-refractivity contribution in [2.45, 2.75) is 69.8 Å². The summed E-state index contributed by atoms with van der Waals surface area (Å²) < 4.78 is 34.2. The molecular weight excluding hydrogens is 414 g/mol. The molecule has 1 aromatic rings. The van der Waals surface area contributed by atoms with Crippen molar-refractivity contribution in [3.63, 3.8) is 0 Å². The zero-order valence-corrected chi connectivity index (χ0v) is 19.8. The summed E-state index contributed by atoms with van der Waals surface area (Å²) in [4.78, 5) is 15.1. The normalized spacial score (nSPS) is 18.4. The predicted octanol–water partition coefficient (Wildman–Crippen LogP) is 3.40. The van der Waals surface area contributed by atoms with Gasteiger partial charge in [0.1, 0.15) is 4.90 Å². The Hall–Kier alpha value is -1.64. The van der Waals surface area contributed by atoms with Gasteiger partial charge in [0.25, 0.3) is 5.91 Å². The van der Waals surface area contributed by atoms with Crippen LogP contribution in [-0.2, 0) is 14.8 Å². The Balaban J connectivity index is 1.80. The number of rotatable bonds is 9. The molecule has 1 aromatic carbocycles. The SMILES string of the molecule is CC(C)OCCCNC(=O)c1ccc(N2CCCCC2)c(S(=O)(=O)N2CCCCC2)c1. The summed E-state index contributed by atoms with van der Waals surface area (Å²) in [5.74, 6) is -0.246. The second-order valence-electron chi connectivity index (χ2n) is 8.72. The molecule has 2 saturated heterocycles. The van der Waals surface area contributed by atoms with Gasteiger partial charge >= 0.3 is 0 Å². The van der Waals surface area contributed by atoms with Crippen molar-refractivity contribution < 1.29 is 17.9 Å². The van der Waals surface area contributed by atoms with Gasteiger partial charge in [0, 0.05) is 44.9 Å². The number of anilines is 1. The highest BCUT2D eigenvalue weighted by Crippen LogP contribution is 2.32. The average Bonchev–Trinajstić information content (AvgIpc) is 2.79. The second-order valence-corrected chi connectivity index (χ2v) is 10.6. The molecule has 0 bridgehead atoms. The summed E-state index contributed by atoms with van der Waals surface area (Å²) in [7, 11) is -3.65. The number of nitrogens with one attached hydrogen (secondary N) is 1. The van der Waals surface area contributed by atoms with E-state index >= 15 is 0 Å². The number of benzene rings is 1. The highest BCUT2D eigenvalue weighted by atomic mass is 32.2. The fourth-order valence-electron chi connectivity index (χ4n) is 4.20. The largest absolute Gasteiger partial charge is 0.379 e. The van der Waals surface area contributed by atoms with Crippen LogP contribution in [0.3, 0.4) is 0 Å². The van der Waals surface area contributed by atoms with Gasteiger partial charge in [0.15, 0.2) is 0 Å². The molecule has 174 valence electrons. The summed E-state index contributed by atoms with van der Waals surface area (Å²) in [6, 6.07) is 5.14. The lowest BCUT2D eigenvalue weighted by molar-refractivity contribution is 0.0757. The maximum Gasteiger partial charge on any atom is 0.251 e. The van der Waals surface area contributed by atoms with Crippen molar-refractivity contribution in [1.29, 1.82) is 0 Å². The maximum atomic E-state index is 13.5. The number of amides is 1. The monoisotopic (exact) mass is 451 g/mol. The third-order valence-corrected chi connectivity index (χ3v) is 7.84. The van der Waals surface area contributed by atoms with Crippen LogP contribution >= 0.6 is 0 Å². The van der Waals surface area contributed by atoms with E-state index in [1.54, 1.807) is 16.4 Å². The lowest BCUT2D eigenvalue weighted by Crippen LogP contribution is -2.38. The third kappa shape index (κ3) is 6.43. The third-order valence-electron chi connectivity index (χ3n) is 5.91. The molecule has 8 heteroatoms. The molecule has 3 rings (SSSR count). The lowest BCUT2D eigenvalue weighted by atomic mass is 10.1. The van der Waals surface area contributed by atoms with Crippen LogP contribution in [0.25, 0.3) is 0 Å². The van der Waals surface area contributed by atoms with E-state index in [-0.39, 0.29) is 16.9 Å². The van der Waals surface area contributed by atoms with E-state index in [0.717, 1.165) is 50.9 Å². The minimum absolute atomic E-state index is 0.167. The number of hydrogen-bond acceptors (Lipinski definition) is 5. The van der Waals surface area contributed by atoms with Gasteiger partial charge in [-0.25, -0.2) is 8.42 Å². The van der Waals surface area contributed by atoms with Gasteiger partial charge in [0.05, 0.1) is 11.8 Å². The average molecular weight is 452 g/mol. The molecule has 1 N–H and O–H groups in total. The highest BCUT2D eigenvalue weighted by Gasteiger charge is 2.31. The molecule has 0 spiro atoms. The van der Waals surface area contributed by atoms with E-state index in [9.17, 15) is 13.2 Å². The molecule has 0 radical (unpaired) electrons. The summed E-state index contributed by atoms with van der Waals surface area (Å²) in [5.41, 5.74) is 1.12. The standard InChI is InChI=1S/C23H37N3O4S/c1-19(2)30-17-9-12-24-23(27)20-10-11-21(25-13-5-3-6-14-25)22(18-20)31(28,29)26-15-7-4-8-16-26/h10-11,18-19H,3-9,12-17H2,1-2H3,(H,24,27). The number of hydrogen-bond donors (Lipinski definition) is 1. The molecule has 31 heavy (non-hydrogen) atoms. The Morgan fingerprint density at radius 3 is 2.32 bits per heavy atom. The van der Waals surface area contributed by atoms with Crippen molar-refractivity contribution in [2.75, 3.05) is 44.2 Å². The zero-order valence-electron chi connectivity index (χ0n) is 18.9. The molecule has 0 atom stereocenters. The van der Waals surface area contributed by atoms with Gasteiger partial charge < -0.3 is 15.0 Å². The molecule has 2 aliphatic rings. The molecule has 0 aromatic heterocycles. The minimum Gasteiger partial charge on any atom is -0.379 e. The molecule has 2 fully saturated rings. The van der Waals surface area contributed by atoms with E-state index in [4.69, 9.17) is 4.74 Å². The van der Waals surface area contributed by atoms with Crippen LogP contribution < -0.4 is 10.2 Å². The summed E-state index contributed by atoms with van der Waals surface area (Å²) in [5, 5.41) is 2.89. The van der Waals surface area contributed by atoms with Crippen molar-refractivity contribution in [3.8, 4) is 0 Å². The molecule has 1 amide bonds. The zero-order chi connectivity index (χ0) is 22.3. The first kappa shape index (κ1) is 24.0. The maximum absolute atomic E-state index is 13.5. The van der Waals surface area contributed by atoms with E-state index in [0.29, 0.717) is 38.2 Å². The van der Waals surface area contributed by atoms with Crippen molar-refractivity contribution in [2.24, 2.45) is 0 Å². The Labute approximate surface area is 187 Å². The minimum atomic E-state index is -3.65. The Morgan fingerprint density at radius 1 is 1.03 bits per heavy atom. The topological polar surface area (TPSA) is 79.0 Å². The van der Waals surface area contributed by atoms with Crippen molar-refractivity contribution in [1.82, 2.24) is 9.62 Å². The van der Waals surface area contributed by atoms with Gasteiger partial charge in [-0.05, 0) is 70.6 Å². The first-order valence-corrected chi connectivity index (χ1v) is 13.1. The van der Waals surface area contributed by atoms with Crippen LogP contribution in [-0.4, -0.2) is 64.1 Å². The van der Waals surface area contributed by atoms with E-state index < -0.39 is 10.0 Å². The van der Waals surface area contributed by atoms with Crippen molar-refractivity contribution in [3.05, 3.63) is 23.8 Å². The van der Waals surface area contributed by atoms with Gasteiger partial charge in [-0.15, -0.1) is 0 Å². The number of carbonyl (C=O) groups excluding carboxylic acids is 1. The van der Waals surface area contributed by atoms with E-state index in [1.165, 1.54) is 6.42 Å². The summed E-state index contributed by atoms with van der Waals surface area (Å²) in [6.07, 6.45) is 7.01. The highest BCUT2D eigenvalue weighted by molar-refractivity contribution is 7.89. The van der Waals surface area contributed by atoms with Gasteiger partial charge in [-0.3, -0.25) is 4.79 Å². The van der Waals surface area contributed by atoms with Crippen LogP contribution in [0.2, 0.25) is 0 Å². The van der Waals surface area contributed by atoms with E-state index in [1.807, 2.05) is 19.9 Å². The van der Waals surface area contributed by atoms with Gasteiger partial charge in [0.2, 0.25) is 10.0 Å². The summed E-state index contributed by atoms with van der Waals surface area (Å²) in [6.45, 7) is 7.84. The number of sulfonamides is 1. The number of nitrogens with zero attached hydrogens (tertiary/aromatic N) is 2. The molecule has 0 saturated carbocycles. The number of carbonyl (C=O) groups is 1. The van der Waals surface area contributed by atoms with Crippen molar-refractivity contribution >= 4 is 21.6 Å². The molecule has 2 heterocycles. The molecule has 0 aliphatic carbocycles. The fraction of sp³-hybridized carbons (Fsp3) is 0.696. The number of ether oxygens (including phenoxy) is 1. The first-order valence-electron chi connectivity index (χ1n) is 11.7. The Bertz CT molecular complexity index is 829. The molecular formula is C23H37N3O4S.